The van der Waals surface area contributed by atoms with E-state index < -0.39 is 0 Å². The number of rotatable bonds is 2. The van der Waals surface area contributed by atoms with Gasteiger partial charge >= 0.3 is 0 Å². The summed E-state index contributed by atoms with van der Waals surface area (Å²) in [5.41, 5.74) is 3.69. The van der Waals surface area contributed by atoms with E-state index in [1.165, 1.54) is 0 Å². The highest BCUT2D eigenvalue weighted by atomic mass is 35.5. The van der Waals surface area contributed by atoms with Gasteiger partial charge in [0.05, 0.1) is 11.4 Å². The van der Waals surface area contributed by atoms with Crippen LogP contribution in [0.3, 0.4) is 0 Å². The van der Waals surface area contributed by atoms with Crippen molar-refractivity contribution in [2.75, 3.05) is 24.5 Å². The number of fused-ring (bicyclic) bond motifs is 1. The van der Waals surface area contributed by atoms with Crippen molar-refractivity contribution >= 4 is 28.9 Å². The molecular formula is C20H20ClN3O. The maximum absolute atomic E-state index is 12.9. The Morgan fingerprint density at radius 2 is 1.84 bits per heavy atom. The van der Waals surface area contributed by atoms with Crippen molar-refractivity contribution in [1.82, 2.24) is 5.32 Å². The van der Waals surface area contributed by atoms with Gasteiger partial charge in [-0.2, -0.15) is 0 Å². The number of nitrogens with one attached hydrogen (secondary N) is 1. The second kappa shape index (κ2) is 6.98. The molecule has 5 heteroatoms. The van der Waals surface area contributed by atoms with Crippen LogP contribution < -0.4 is 10.2 Å². The van der Waals surface area contributed by atoms with Crippen molar-refractivity contribution in [3.63, 3.8) is 0 Å². The van der Waals surface area contributed by atoms with Crippen LogP contribution in [-0.2, 0) is 4.79 Å². The van der Waals surface area contributed by atoms with E-state index in [1.54, 1.807) is 0 Å². The first-order valence-corrected chi connectivity index (χ1v) is 9.04. The number of hydrogen-bond donors (Lipinski definition) is 1. The minimum Gasteiger partial charge on any atom is -0.317 e. The van der Waals surface area contributed by atoms with Crippen LogP contribution in [0.25, 0.3) is 0 Å². The fourth-order valence-electron chi connectivity index (χ4n) is 3.66. The molecule has 4 rings (SSSR count). The van der Waals surface area contributed by atoms with Gasteiger partial charge in [0, 0.05) is 22.2 Å². The Balaban J connectivity index is 1.84. The molecule has 0 bridgehead atoms. The molecule has 0 atom stereocenters. The van der Waals surface area contributed by atoms with Crippen LogP contribution in [0.2, 0.25) is 5.02 Å². The molecule has 25 heavy (non-hydrogen) atoms. The van der Waals surface area contributed by atoms with E-state index in [2.05, 4.69) is 10.3 Å². The minimum atomic E-state index is 0.0569. The Labute approximate surface area is 152 Å². The van der Waals surface area contributed by atoms with Crippen molar-refractivity contribution in [2.24, 2.45) is 4.99 Å². The third-order valence-electron chi connectivity index (χ3n) is 4.84. The van der Waals surface area contributed by atoms with Gasteiger partial charge in [0.25, 0.3) is 0 Å². The lowest BCUT2D eigenvalue weighted by molar-refractivity contribution is -0.117. The number of halogens is 1. The van der Waals surface area contributed by atoms with E-state index in [9.17, 15) is 4.79 Å². The zero-order chi connectivity index (χ0) is 17.2. The van der Waals surface area contributed by atoms with Crippen molar-refractivity contribution in [3.8, 4) is 0 Å². The lowest BCUT2D eigenvalue weighted by Crippen LogP contribution is -2.47. The lowest BCUT2D eigenvalue weighted by atomic mass is 9.98. The van der Waals surface area contributed by atoms with Crippen LogP contribution in [0.4, 0.5) is 5.69 Å². The largest absolute Gasteiger partial charge is 0.317 e. The first-order valence-electron chi connectivity index (χ1n) is 8.66. The van der Waals surface area contributed by atoms with Crippen molar-refractivity contribution in [1.29, 1.82) is 0 Å². The topological polar surface area (TPSA) is 44.7 Å². The van der Waals surface area contributed by atoms with Crippen molar-refractivity contribution in [2.45, 2.75) is 18.9 Å². The zero-order valence-corrected chi connectivity index (χ0v) is 14.7. The molecule has 1 saturated heterocycles. The van der Waals surface area contributed by atoms with Crippen molar-refractivity contribution < 1.29 is 4.79 Å². The third-order valence-corrected chi connectivity index (χ3v) is 5.07. The monoisotopic (exact) mass is 353 g/mol. The number of benzene rings is 2. The highest BCUT2D eigenvalue weighted by Gasteiger charge is 2.31. The molecule has 0 aliphatic carbocycles. The van der Waals surface area contributed by atoms with Gasteiger partial charge in [-0.3, -0.25) is 9.79 Å². The molecule has 1 amide bonds. The molecule has 0 radical (unpaired) electrons. The normalized spacial score (nSPS) is 18.5. The van der Waals surface area contributed by atoms with Crippen molar-refractivity contribution in [3.05, 3.63) is 64.7 Å². The maximum Gasteiger partial charge on any atom is 0.248 e. The Kier molecular flexibility index (Phi) is 4.55. The number of carbonyl (C=O) groups excluding carboxylic acids is 1. The van der Waals surface area contributed by atoms with E-state index >= 15 is 0 Å². The number of piperidine rings is 1. The van der Waals surface area contributed by atoms with E-state index in [4.69, 9.17) is 11.6 Å². The number of carbonyl (C=O) groups is 1. The zero-order valence-electron chi connectivity index (χ0n) is 13.9. The molecule has 2 aliphatic rings. The van der Waals surface area contributed by atoms with E-state index in [0.717, 1.165) is 48.5 Å². The Morgan fingerprint density at radius 1 is 1.08 bits per heavy atom. The molecule has 0 saturated carbocycles. The fourth-order valence-corrected chi connectivity index (χ4v) is 3.83. The molecule has 0 unspecified atom stereocenters. The molecule has 1 fully saturated rings. The summed E-state index contributed by atoms with van der Waals surface area (Å²) in [7, 11) is 0. The minimum absolute atomic E-state index is 0.0569. The predicted octanol–water partition coefficient (Wildman–Crippen LogP) is 3.28. The summed E-state index contributed by atoms with van der Waals surface area (Å²) in [6.45, 7) is 2.04. The van der Waals surface area contributed by atoms with Crippen LogP contribution >= 0.6 is 11.6 Å². The van der Waals surface area contributed by atoms with Gasteiger partial charge in [-0.15, -0.1) is 0 Å². The summed E-state index contributed by atoms with van der Waals surface area (Å²) >= 11 is 6.28. The van der Waals surface area contributed by atoms with Gasteiger partial charge in [0.1, 0.15) is 6.54 Å². The second-order valence-corrected chi connectivity index (χ2v) is 6.87. The second-order valence-electron chi connectivity index (χ2n) is 6.44. The molecular weight excluding hydrogens is 334 g/mol. The average molecular weight is 354 g/mol. The van der Waals surface area contributed by atoms with Gasteiger partial charge in [-0.25, -0.2) is 0 Å². The smallest absolute Gasteiger partial charge is 0.248 e. The number of aliphatic imine (C=N–C) groups is 1. The summed E-state index contributed by atoms with van der Waals surface area (Å²) in [5.74, 6) is 0.0569. The Hall–Kier alpha value is -2.17. The van der Waals surface area contributed by atoms with Crippen LogP contribution in [0.5, 0.6) is 0 Å². The fraction of sp³-hybridized carbons (Fsp3) is 0.300. The quantitative estimate of drug-likeness (QED) is 0.900. The summed E-state index contributed by atoms with van der Waals surface area (Å²) in [5, 5.41) is 4.02. The average Bonchev–Trinajstić information content (AvgIpc) is 2.79. The molecule has 128 valence electrons. The summed E-state index contributed by atoms with van der Waals surface area (Å²) < 4.78 is 0. The maximum atomic E-state index is 12.9. The summed E-state index contributed by atoms with van der Waals surface area (Å²) in [4.78, 5) is 19.5. The van der Waals surface area contributed by atoms with Crippen LogP contribution in [0, 0.1) is 0 Å². The molecule has 1 N–H and O–H groups in total. The Bertz CT molecular complexity index is 813. The summed E-state index contributed by atoms with van der Waals surface area (Å²) in [6.07, 6.45) is 1.91. The van der Waals surface area contributed by atoms with Gasteiger partial charge in [0.2, 0.25) is 5.91 Å². The predicted molar refractivity (Wildman–Crippen MR) is 102 cm³/mol. The first kappa shape index (κ1) is 16.3. The van der Waals surface area contributed by atoms with E-state index in [-0.39, 0.29) is 18.5 Å². The number of hydrogen-bond acceptors (Lipinski definition) is 3. The van der Waals surface area contributed by atoms with Gasteiger partial charge in [0.15, 0.2) is 0 Å². The lowest BCUT2D eigenvalue weighted by Gasteiger charge is -2.34. The Morgan fingerprint density at radius 3 is 2.60 bits per heavy atom. The molecule has 0 spiro atoms. The van der Waals surface area contributed by atoms with Gasteiger partial charge < -0.3 is 10.2 Å². The van der Waals surface area contributed by atoms with Gasteiger partial charge in [-0.05, 0) is 44.1 Å². The van der Waals surface area contributed by atoms with Crippen LogP contribution in [0.1, 0.15) is 24.0 Å². The molecule has 2 aromatic carbocycles. The highest BCUT2D eigenvalue weighted by molar-refractivity contribution is 6.32. The molecule has 2 heterocycles. The van der Waals surface area contributed by atoms with Crippen LogP contribution in [0.15, 0.2) is 53.5 Å². The molecule has 4 nitrogen and oxygen atoms in total. The molecule has 2 aromatic rings. The number of benzodiazepines with no additional fused rings is 1. The SMILES string of the molecule is O=C1CN=C(c2ccccc2)c2cc(Cl)ccc2N1C1CCNCC1. The summed E-state index contributed by atoms with van der Waals surface area (Å²) in [6, 6.07) is 15.9. The molecule has 0 aromatic heterocycles. The standard InChI is InChI=1S/C20H20ClN3O/c21-15-6-7-18-17(12-15)20(14-4-2-1-3-5-14)23-13-19(25)24(18)16-8-10-22-11-9-16/h1-7,12,16,22H,8-11,13H2. The third kappa shape index (κ3) is 3.20. The van der Waals surface area contributed by atoms with E-state index in [1.807, 2.05) is 53.4 Å². The number of amides is 1. The van der Waals surface area contributed by atoms with E-state index in [0.29, 0.717) is 5.02 Å². The molecule has 2 aliphatic heterocycles. The van der Waals surface area contributed by atoms with Gasteiger partial charge in [-0.1, -0.05) is 41.9 Å². The van der Waals surface area contributed by atoms with Crippen LogP contribution in [-0.4, -0.2) is 37.3 Å². The number of anilines is 1. The highest BCUT2D eigenvalue weighted by Crippen LogP contribution is 2.32. The number of nitrogens with zero attached hydrogens (tertiary/aromatic N) is 2. The first-order chi connectivity index (χ1) is 12.2.